The van der Waals surface area contributed by atoms with Gasteiger partial charge in [0.2, 0.25) is 0 Å². The maximum Gasteiger partial charge on any atom is 0.338 e. The van der Waals surface area contributed by atoms with Crippen molar-refractivity contribution in [3.63, 3.8) is 0 Å². The van der Waals surface area contributed by atoms with Gasteiger partial charge >= 0.3 is 5.97 Å². The minimum Gasteiger partial charge on any atom is -0.489 e. The predicted octanol–water partition coefficient (Wildman–Crippen LogP) is 4.88. The van der Waals surface area contributed by atoms with Crippen molar-refractivity contribution in [2.24, 2.45) is 0 Å². The summed E-state index contributed by atoms with van der Waals surface area (Å²) in [7, 11) is 1.38. The van der Waals surface area contributed by atoms with Gasteiger partial charge in [0.05, 0.1) is 35.6 Å². The Morgan fingerprint density at radius 2 is 1.58 bits per heavy atom. The lowest BCUT2D eigenvalue weighted by molar-refractivity contribution is 0.0597. The number of aryl methyl sites for hydroxylation is 1. The maximum atomic E-state index is 12.1. The molecule has 31 heavy (non-hydrogen) atoms. The molecular formula is C25H22N2O4. The minimum atomic E-state index is -0.370. The van der Waals surface area contributed by atoms with Crippen LogP contribution in [0.1, 0.15) is 27.2 Å². The van der Waals surface area contributed by atoms with Crippen LogP contribution in [0.25, 0.3) is 11.0 Å². The Bertz CT molecular complexity index is 1220. The Morgan fingerprint density at radius 1 is 0.871 bits per heavy atom. The third kappa shape index (κ3) is 4.80. The molecule has 0 saturated carbocycles. The Balaban J connectivity index is 1.43. The van der Waals surface area contributed by atoms with Crippen LogP contribution < -0.4 is 9.47 Å². The molecule has 0 aliphatic carbocycles. The number of methoxy groups -OCH3 is 1. The fourth-order valence-corrected chi connectivity index (χ4v) is 3.28. The first-order valence-corrected chi connectivity index (χ1v) is 9.87. The van der Waals surface area contributed by atoms with Crippen molar-refractivity contribution < 1.29 is 19.0 Å². The average Bonchev–Trinajstić information content (AvgIpc) is 2.81. The molecule has 4 aromatic rings. The molecule has 0 aliphatic rings. The lowest BCUT2D eigenvalue weighted by atomic mass is 10.0. The monoisotopic (exact) mass is 414 g/mol. The van der Waals surface area contributed by atoms with E-state index in [4.69, 9.17) is 14.2 Å². The van der Waals surface area contributed by atoms with Gasteiger partial charge in [-0.2, -0.15) is 0 Å². The van der Waals surface area contributed by atoms with Gasteiger partial charge in [-0.05, 0) is 36.8 Å². The molecule has 0 bridgehead atoms. The van der Waals surface area contributed by atoms with Crippen LogP contribution in [0.15, 0.2) is 72.9 Å². The lowest BCUT2D eigenvalue weighted by Crippen LogP contribution is -2.10. The van der Waals surface area contributed by atoms with E-state index in [1.807, 2.05) is 73.7 Å². The van der Waals surface area contributed by atoms with Gasteiger partial charge in [0, 0.05) is 11.6 Å². The molecule has 6 heteroatoms. The van der Waals surface area contributed by atoms with Crippen LogP contribution in [-0.4, -0.2) is 23.0 Å². The van der Waals surface area contributed by atoms with Gasteiger partial charge in [-0.1, -0.05) is 36.4 Å². The van der Waals surface area contributed by atoms with E-state index in [0.29, 0.717) is 23.7 Å². The Labute approximate surface area is 180 Å². The first-order valence-electron chi connectivity index (χ1n) is 9.87. The summed E-state index contributed by atoms with van der Waals surface area (Å²) in [6.45, 7) is 2.41. The average molecular weight is 414 g/mol. The summed E-state index contributed by atoms with van der Waals surface area (Å²) in [6, 6.07) is 20.7. The molecule has 0 N–H and O–H groups in total. The molecule has 0 spiro atoms. The van der Waals surface area contributed by atoms with Crippen molar-refractivity contribution in [3.05, 3.63) is 95.3 Å². The molecule has 0 amide bonds. The third-order valence-electron chi connectivity index (χ3n) is 4.83. The molecular weight excluding hydrogens is 392 g/mol. The molecule has 0 atom stereocenters. The SMILES string of the molecule is COC(=O)c1c(C)cccc1COc1cccc(OCc2cnc3ccccc3n2)c1. The Morgan fingerprint density at radius 3 is 2.35 bits per heavy atom. The number of aromatic nitrogens is 2. The van der Waals surface area contributed by atoms with E-state index >= 15 is 0 Å². The second kappa shape index (κ2) is 9.26. The normalized spacial score (nSPS) is 10.6. The van der Waals surface area contributed by atoms with Gasteiger partial charge in [0.1, 0.15) is 24.7 Å². The number of carbonyl (C=O) groups excluding carboxylic acids is 1. The first kappa shape index (κ1) is 20.3. The van der Waals surface area contributed by atoms with Crippen LogP contribution in [0, 0.1) is 6.92 Å². The molecule has 4 rings (SSSR count). The number of hydrogen-bond donors (Lipinski definition) is 0. The molecule has 0 aliphatic heterocycles. The van der Waals surface area contributed by atoms with Crippen molar-refractivity contribution in [1.29, 1.82) is 0 Å². The molecule has 156 valence electrons. The van der Waals surface area contributed by atoms with Crippen LogP contribution in [0.5, 0.6) is 11.5 Å². The molecule has 0 unspecified atom stereocenters. The van der Waals surface area contributed by atoms with Crippen molar-refractivity contribution >= 4 is 17.0 Å². The Kier molecular flexibility index (Phi) is 6.08. The van der Waals surface area contributed by atoms with Crippen LogP contribution >= 0.6 is 0 Å². The van der Waals surface area contributed by atoms with E-state index in [9.17, 15) is 4.79 Å². The summed E-state index contributed by atoms with van der Waals surface area (Å²) in [5.74, 6) is 0.926. The fraction of sp³-hybridized carbons (Fsp3) is 0.160. The molecule has 1 aromatic heterocycles. The van der Waals surface area contributed by atoms with Crippen LogP contribution in [0.2, 0.25) is 0 Å². The molecule has 0 radical (unpaired) electrons. The summed E-state index contributed by atoms with van der Waals surface area (Å²) in [4.78, 5) is 21.1. The van der Waals surface area contributed by atoms with E-state index in [1.165, 1.54) is 7.11 Å². The highest BCUT2D eigenvalue weighted by Crippen LogP contribution is 2.23. The molecule has 0 saturated heterocycles. The number of hydrogen-bond acceptors (Lipinski definition) is 6. The van der Waals surface area contributed by atoms with E-state index in [1.54, 1.807) is 6.20 Å². The van der Waals surface area contributed by atoms with Crippen LogP contribution in [-0.2, 0) is 18.0 Å². The molecule has 0 fully saturated rings. The second-order valence-electron chi connectivity index (χ2n) is 7.00. The smallest absolute Gasteiger partial charge is 0.338 e. The summed E-state index contributed by atoms with van der Waals surface area (Å²) in [5, 5.41) is 0. The zero-order valence-corrected chi connectivity index (χ0v) is 17.4. The van der Waals surface area contributed by atoms with E-state index in [0.717, 1.165) is 27.9 Å². The number of para-hydroxylation sites is 2. The van der Waals surface area contributed by atoms with Gasteiger partial charge in [0.15, 0.2) is 0 Å². The number of ether oxygens (including phenoxy) is 3. The predicted molar refractivity (Wildman–Crippen MR) is 117 cm³/mol. The minimum absolute atomic E-state index is 0.242. The quantitative estimate of drug-likeness (QED) is 0.401. The van der Waals surface area contributed by atoms with Gasteiger partial charge in [0.25, 0.3) is 0 Å². The van der Waals surface area contributed by atoms with E-state index in [2.05, 4.69) is 9.97 Å². The van der Waals surface area contributed by atoms with E-state index < -0.39 is 0 Å². The van der Waals surface area contributed by atoms with Gasteiger partial charge in [-0.3, -0.25) is 4.98 Å². The zero-order valence-electron chi connectivity index (χ0n) is 17.4. The third-order valence-corrected chi connectivity index (χ3v) is 4.83. The van der Waals surface area contributed by atoms with E-state index in [-0.39, 0.29) is 12.6 Å². The highest BCUT2D eigenvalue weighted by Gasteiger charge is 2.15. The summed E-state index contributed by atoms with van der Waals surface area (Å²) in [6.07, 6.45) is 1.72. The molecule has 3 aromatic carbocycles. The van der Waals surface area contributed by atoms with Gasteiger partial charge in [-0.15, -0.1) is 0 Å². The number of fused-ring (bicyclic) bond motifs is 1. The second-order valence-corrected chi connectivity index (χ2v) is 7.00. The van der Waals surface area contributed by atoms with Crippen LogP contribution in [0.4, 0.5) is 0 Å². The Hall–Kier alpha value is -3.93. The number of carbonyl (C=O) groups is 1. The highest BCUT2D eigenvalue weighted by atomic mass is 16.5. The fourth-order valence-electron chi connectivity index (χ4n) is 3.28. The summed E-state index contributed by atoms with van der Waals surface area (Å²) in [5.41, 5.74) is 4.58. The lowest BCUT2D eigenvalue weighted by Gasteiger charge is -2.13. The number of esters is 1. The molecule has 1 heterocycles. The van der Waals surface area contributed by atoms with Crippen molar-refractivity contribution in [3.8, 4) is 11.5 Å². The topological polar surface area (TPSA) is 70.5 Å². The summed E-state index contributed by atoms with van der Waals surface area (Å²) >= 11 is 0. The number of benzene rings is 3. The highest BCUT2D eigenvalue weighted by molar-refractivity contribution is 5.92. The van der Waals surface area contributed by atoms with Crippen molar-refractivity contribution in [1.82, 2.24) is 9.97 Å². The zero-order chi connectivity index (χ0) is 21.6. The largest absolute Gasteiger partial charge is 0.489 e. The van der Waals surface area contributed by atoms with Crippen molar-refractivity contribution in [2.75, 3.05) is 7.11 Å². The number of rotatable bonds is 7. The number of nitrogens with zero attached hydrogens (tertiary/aromatic N) is 2. The van der Waals surface area contributed by atoms with Gasteiger partial charge in [-0.25, -0.2) is 9.78 Å². The molecule has 6 nitrogen and oxygen atoms in total. The summed E-state index contributed by atoms with van der Waals surface area (Å²) < 4.78 is 16.7. The van der Waals surface area contributed by atoms with Crippen molar-refractivity contribution in [2.45, 2.75) is 20.1 Å². The standard InChI is InChI=1S/C25H22N2O4/c1-17-7-5-8-18(24(17)25(28)29-2)15-30-20-9-6-10-21(13-20)31-16-19-14-26-22-11-3-4-12-23(22)27-19/h3-14H,15-16H2,1-2H3. The van der Waals surface area contributed by atoms with Crippen LogP contribution in [0.3, 0.4) is 0 Å². The first-order chi connectivity index (χ1) is 15.1. The maximum absolute atomic E-state index is 12.1. The van der Waals surface area contributed by atoms with Gasteiger partial charge < -0.3 is 14.2 Å².